The molecule has 0 saturated heterocycles. The van der Waals surface area contributed by atoms with Crippen molar-refractivity contribution in [3.05, 3.63) is 54.1 Å². The molecular formula is C18H23NO2. The molecule has 1 atom stereocenters. The van der Waals surface area contributed by atoms with Gasteiger partial charge in [0.1, 0.15) is 11.5 Å². The van der Waals surface area contributed by atoms with Gasteiger partial charge in [-0.05, 0) is 39.0 Å². The minimum Gasteiger partial charge on any atom is -0.496 e. The molecule has 0 aliphatic carbocycles. The van der Waals surface area contributed by atoms with E-state index in [9.17, 15) is 0 Å². The first-order chi connectivity index (χ1) is 10.1. The molecule has 1 N–H and O–H groups in total. The van der Waals surface area contributed by atoms with Crippen molar-refractivity contribution in [2.45, 2.75) is 32.9 Å². The van der Waals surface area contributed by atoms with Gasteiger partial charge in [0.15, 0.2) is 0 Å². The standard InChI is InChI=1S/C18H23NO2/c1-13(2)21-18-12-8-6-10-16(18)19-14(3)15-9-5-7-11-17(15)20-4/h5-14,19H,1-4H3. The summed E-state index contributed by atoms with van der Waals surface area (Å²) in [5.41, 5.74) is 2.11. The first-order valence-corrected chi connectivity index (χ1v) is 7.27. The third-order valence-electron chi connectivity index (χ3n) is 3.23. The monoisotopic (exact) mass is 285 g/mol. The molecule has 0 radical (unpaired) electrons. The summed E-state index contributed by atoms with van der Waals surface area (Å²) in [6.45, 7) is 6.17. The number of anilines is 1. The first kappa shape index (κ1) is 15.2. The molecule has 2 aromatic carbocycles. The molecule has 3 nitrogen and oxygen atoms in total. The van der Waals surface area contributed by atoms with E-state index >= 15 is 0 Å². The Balaban J connectivity index is 2.21. The van der Waals surface area contributed by atoms with Crippen LogP contribution in [-0.4, -0.2) is 13.2 Å². The van der Waals surface area contributed by atoms with Crippen LogP contribution in [0.4, 0.5) is 5.69 Å². The summed E-state index contributed by atoms with van der Waals surface area (Å²) in [5, 5.41) is 3.50. The zero-order chi connectivity index (χ0) is 15.2. The van der Waals surface area contributed by atoms with Gasteiger partial charge < -0.3 is 14.8 Å². The van der Waals surface area contributed by atoms with Gasteiger partial charge in [-0.25, -0.2) is 0 Å². The summed E-state index contributed by atoms with van der Waals surface area (Å²) in [7, 11) is 1.70. The van der Waals surface area contributed by atoms with Crippen LogP contribution in [0.3, 0.4) is 0 Å². The van der Waals surface area contributed by atoms with Crippen LogP contribution in [-0.2, 0) is 0 Å². The largest absolute Gasteiger partial charge is 0.496 e. The van der Waals surface area contributed by atoms with E-state index in [1.165, 1.54) is 0 Å². The Labute approximate surface area is 126 Å². The second-order valence-electron chi connectivity index (χ2n) is 5.27. The average Bonchev–Trinajstić information content (AvgIpc) is 2.48. The molecular weight excluding hydrogens is 262 g/mol. The lowest BCUT2D eigenvalue weighted by Crippen LogP contribution is -2.11. The van der Waals surface area contributed by atoms with Crippen molar-refractivity contribution in [1.29, 1.82) is 0 Å². The lowest BCUT2D eigenvalue weighted by Gasteiger charge is -2.21. The van der Waals surface area contributed by atoms with Crippen molar-refractivity contribution >= 4 is 5.69 Å². The quantitative estimate of drug-likeness (QED) is 0.837. The topological polar surface area (TPSA) is 30.5 Å². The summed E-state index contributed by atoms with van der Waals surface area (Å²) in [6.07, 6.45) is 0.148. The minimum absolute atomic E-state index is 0.123. The Morgan fingerprint density at radius 1 is 0.857 bits per heavy atom. The number of methoxy groups -OCH3 is 1. The van der Waals surface area contributed by atoms with Crippen molar-refractivity contribution < 1.29 is 9.47 Å². The molecule has 0 bridgehead atoms. The minimum atomic E-state index is 0.123. The highest BCUT2D eigenvalue weighted by atomic mass is 16.5. The molecule has 2 rings (SSSR count). The maximum Gasteiger partial charge on any atom is 0.142 e. The highest BCUT2D eigenvalue weighted by Gasteiger charge is 2.13. The zero-order valence-electron chi connectivity index (χ0n) is 13.1. The molecule has 0 fully saturated rings. The molecule has 0 aliphatic heterocycles. The lowest BCUT2D eigenvalue weighted by molar-refractivity contribution is 0.243. The Morgan fingerprint density at radius 3 is 2.14 bits per heavy atom. The number of hydrogen-bond donors (Lipinski definition) is 1. The normalized spacial score (nSPS) is 12.0. The van der Waals surface area contributed by atoms with Crippen molar-refractivity contribution in [2.24, 2.45) is 0 Å². The highest BCUT2D eigenvalue weighted by Crippen LogP contribution is 2.31. The molecule has 0 aliphatic rings. The molecule has 112 valence electrons. The van der Waals surface area contributed by atoms with Crippen LogP contribution in [0, 0.1) is 0 Å². The van der Waals surface area contributed by atoms with Gasteiger partial charge in [0.2, 0.25) is 0 Å². The maximum atomic E-state index is 5.84. The van der Waals surface area contributed by atoms with Gasteiger partial charge in [0.05, 0.1) is 24.9 Å². The van der Waals surface area contributed by atoms with Crippen molar-refractivity contribution in [3.63, 3.8) is 0 Å². The predicted molar refractivity (Wildman–Crippen MR) is 87.2 cm³/mol. The van der Waals surface area contributed by atoms with Gasteiger partial charge >= 0.3 is 0 Å². The third-order valence-corrected chi connectivity index (χ3v) is 3.23. The molecule has 21 heavy (non-hydrogen) atoms. The van der Waals surface area contributed by atoms with Gasteiger partial charge in [-0.3, -0.25) is 0 Å². The van der Waals surface area contributed by atoms with Crippen LogP contribution < -0.4 is 14.8 Å². The van der Waals surface area contributed by atoms with Crippen LogP contribution in [0.5, 0.6) is 11.5 Å². The summed E-state index contributed by atoms with van der Waals surface area (Å²) in [5.74, 6) is 1.76. The van der Waals surface area contributed by atoms with Gasteiger partial charge in [-0.2, -0.15) is 0 Å². The molecule has 0 amide bonds. The fourth-order valence-electron chi connectivity index (χ4n) is 2.28. The predicted octanol–water partition coefficient (Wildman–Crippen LogP) is 4.66. The smallest absolute Gasteiger partial charge is 0.142 e. The van der Waals surface area contributed by atoms with Crippen LogP contribution in [0.15, 0.2) is 48.5 Å². The second-order valence-corrected chi connectivity index (χ2v) is 5.27. The summed E-state index contributed by atoms with van der Waals surface area (Å²) < 4.78 is 11.3. The Morgan fingerprint density at radius 2 is 1.48 bits per heavy atom. The van der Waals surface area contributed by atoms with E-state index in [1.54, 1.807) is 7.11 Å². The number of nitrogens with one attached hydrogen (secondary N) is 1. The van der Waals surface area contributed by atoms with Crippen LogP contribution in [0.2, 0.25) is 0 Å². The Kier molecular flexibility index (Phi) is 5.09. The van der Waals surface area contributed by atoms with E-state index in [0.29, 0.717) is 0 Å². The van der Waals surface area contributed by atoms with E-state index in [2.05, 4.69) is 18.3 Å². The number of ether oxygens (including phenoxy) is 2. The van der Waals surface area contributed by atoms with Gasteiger partial charge in [-0.15, -0.1) is 0 Å². The SMILES string of the molecule is COc1ccccc1C(C)Nc1ccccc1OC(C)C. The molecule has 0 spiro atoms. The average molecular weight is 285 g/mol. The van der Waals surface area contributed by atoms with Crippen LogP contribution in [0.25, 0.3) is 0 Å². The number of para-hydroxylation sites is 3. The molecule has 0 aromatic heterocycles. The molecule has 2 aromatic rings. The number of benzene rings is 2. The van der Waals surface area contributed by atoms with Crippen LogP contribution in [0.1, 0.15) is 32.4 Å². The fraction of sp³-hybridized carbons (Fsp3) is 0.333. The molecule has 1 unspecified atom stereocenters. The van der Waals surface area contributed by atoms with Crippen molar-refractivity contribution in [2.75, 3.05) is 12.4 Å². The third kappa shape index (κ3) is 3.91. The number of hydrogen-bond acceptors (Lipinski definition) is 3. The Bertz CT molecular complexity index is 581. The summed E-state index contributed by atoms with van der Waals surface area (Å²) in [4.78, 5) is 0. The lowest BCUT2D eigenvalue weighted by atomic mass is 10.1. The van der Waals surface area contributed by atoms with Crippen molar-refractivity contribution in [3.8, 4) is 11.5 Å². The van der Waals surface area contributed by atoms with Gasteiger partial charge in [0.25, 0.3) is 0 Å². The first-order valence-electron chi connectivity index (χ1n) is 7.27. The van der Waals surface area contributed by atoms with E-state index in [-0.39, 0.29) is 12.1 Å². The van der Waals surface area contributed by atoms with Gasteiger partial charge in [-0.1, -0.05) is 30.3 Å². The molecule has 0 heterocycles. The summed E-state index contributed by atoms with van der Waals surface area (Å²) >= 11 is 0. The highest BCUT2D eigenvalue weighted by molar-refractivity contribution is 5.58. The molecule has 0 saturated carbocycles. The summed E-state index contributed by atoms with van der Waals surface area (Å²) in [6, 6.07) is 16.2. The second kappa shape index (κ2) is 7.02. The van der Waals surface area contributed by atoms with E-state index in [1.807, 2.05) is 56.3 Å². The molecule has 3 heteroatoms. The van der Waals surface area contributed by atoms with E-state index in [4.69, 9.17) is 9.47 Å². The van der Waals surface area contributed by atoms with E-state index < -0.39 is 0 Å². The van der Waals surface area contributed by atoms with Crippen molar-refractivity contribution in [1.82, 2.24) is 0 Å². The van der Waals surface area contributed by atoms with Crippen LogP contribution >= 0.6 is 0 Å². The zero-order valence-corrected chi connectivity index (χ0v) is 13.1. The Hall–Kier alpha value is -2.16. The number of rotatable bonds is 6. The van der Waals surface area contributed by atoms with Gasteiger partial charge in [0, 0.05) is 5.56 Å². The fourth-order valence-corrected chi connectivity index (χ4v) is 2.28. The maximum absolute atomic E-state index is 5.84. The van der Waals surface area contributed by atoms with E-state index in [0.717, 1.165) is 22.7 Å².